The first-order chi connectivity index (χ1) is 13.8. The van der Waals surface area contributed by atoms with Gasteiger partial charge in [-0.05, 0) is 49.8 Å². The Kier molecular flexibility index (Phi) is 6.78. The number of unbranched alkanes of at least 4 members (excludes halogenated alkanes) is 1. The monoisotopic (exact) mass is 434 g/mol. The Morgan fingerprint density at radius 2 is 1.73 bits per heavy atom. The number of aromatic nitrogens is 1. The second-order valence-electron chi connectivity index (χ2n) is 9.66. The molecule has 7 heteroatoms. The van der Waals surface area contributed by atoms with Gasteiger partial charge in [-0.1, -0.05) is 26.8 Å². The van der Waals surface area contributed by atoms with E-state index < -0.39 is 0 Å². The van der Waals surface area contributed by atoms with Crippen LogP contribution in [-0.4, -0.2) is 65.9 Å². The number of carbonyl (C=O) groups is 2. The van der Waals surface area contributed by atoms with Crippen molar-refractivity contribution >= 4 is 30.0 Å². The summed E-state index contributed by atoms with van der Waals surface area (Å²) in [5, 5.41) is 0. The summed E-state index contributed by atoms with van der Waals surface area (Å²) in [4.78, 5) is 36.8. The fourth-order valence-corrected chi connectivity index (χ4v) is 5.46. The lowest BCUT2D eigenvalue weighted by Crippen LogP contribution is -2.59. The largest absolute Gasteiger partial charge is 0.354 e. The Bertz CT molecular complexity index is 764. The third-order valence-corrected chi connectivity index (χ3v) is 7.96. The van der Waals surface area contributed by atoms with Gasteiger partial charge in [0.15, 0.2) is 0 Å². The number of piperazine rings is 1. The molecule has 0 N–H and O–H groups in total. The summed E-state index contributed by atoms with van der Waals surface area (Å²) < 4.78 is 0. The molecule has 2 bridgehead atoms. The molecule has 2 saturated heterocycles. The van der Waals surface area contributed by atoms with Crippen LogP contribution >= 0.6 is 12.4 Å². The van der Waals surface area contributed by atoms with Crippen molar-refractivity contribution in [3.05, 3.63) is 24.4 Å². The minimum atomic E-state index is -0.382. The molecule has 1 unspecified atom stereocenters. The van der Waals surface area contributed by atoms with Gasteiger partial charge in [-0.15, -0.1) is 12.4 Å². The van der Waals surface area contributed by atoms with E-state index in [2.05, 4.69) is 41.6 Å². The average molecular weight is 435 g/mol. The Balaban J connectivity index is 0.00000256. The molecule has 2 atom stereocenters. The molecule has 0 radical (unpaired) electrons. The van der Waals surface area contributed by atoms with E-state index in [9.17, 15) is 9.59 Å². The molecule has 30 heavy (non-hydrogen) atoms. The predicted molar refractivity (Wildman–Crippen MR) is 121 cm³/mol. The molecule has 1 aliphatic carbocycles. The zero-order valence-corrected chi connectivity index (χ0v) is 19.3. The molecule has 3 fully saturated rings. The first-order valence-corrected chi connectivity index (χ1v) is 11.1. The lowest BCUT2D eigenvalue weighted by Gasteiger charge is -2.47. The summed E-state index contributed by atoms with van der Waals surface area (Å²) in [5.74, 6) is 1.19. The number of halogens is 1. The number of likely N-dealkylation sites (tertiary alicyclic amines) is 1. The summed E-state index contributed by atoms with van der Waals surface area (Å²) in [6.07, 6.45) is 5.45. The van der Waals surface area contributed by atoms with Gasteiger partial charge in [0.1, 0.15) is 5.82 Å². The SMILES string of the molecule is CC1(C)C2CC[C@]1(C)C(=O)N(CCCCN1CCN(c3ccccn3)CC1)C2=O.Cl. The van der Waals surface area contributed by atoms with Crippen molar-refractivity contribution in [3.63, 3.8) is 0 Å². The molecule has 0 aromatic carbocycles. The standard InChI is InChI=1S/C23H34N4O2.ClH/c1-22(2)18-9-10-23(22,3)21(29)27(20(18)28)13-7-6-12-25-14-16-26(17-15-25)19-8-4-5-11-24-19;/h4-5,8,11,18H,6-7,9-10,12-17H2,1-3H3;1H/t18?,23-;/m1./s1. The molecule has 3 aliphatic rings. The van der Waals surface area contributed by atoms with Gasteiger partial charge in [-0.2, -0.15) is 0 Å². The molecule has 1 aromatic heterocycles. The Morgan fingerprint density at radius 3 is 2.40 bits per heavy atom. The second-order valence-corrected chi connectivity index (χ2v) is 9.66. The lowest BCUT2D eigenvalue weighted by atomic mass is 9.62. The highest BCUT2D eigenvalue weighted by molar-refractivity contribution is 6.03. The van der Waals surface area contributed by atoms with Crippen LogP contribution in [0.25, 0.3) is 0 Å². The predicted octanol–water partition coefficient (Wildman–Crippen LogP) is 3.22. The number of fused-ring (bicyclic) bond motifs is 2. The highest BCUT2D eigenvalue weighted by atomic mass is 35.5. The molecule has 2 aliphatic heterocycles. The molecule has 6 nitrogen and oxygen atoms in total. The number of nitrogens with zero attached hydrogens (tertiary/aromatic N) is 4. The van der Waals surface area contributed by atoms with Crippen LogP contribution in [0.15, 0.2) is 24.4 Å². The van der Waals surface area contributed by atoms with E-state index in [0.717, 1.165) is 64.2 Å². The smallest absolute Gasteiger partial charge is 0.235 e. The number of amides is 2. The summed E-state index contributed by atoms with van der Waals surface area (Å²) in [5.41, 5.74) is -0.599. The van der Waals surface area contributed by atoms with Gasteiger partial charge in [0.2, 0.25) is 11.8 Å². The molecule has 166 valence electrons. The minimum absolute atomic E-state index is 0. The van der Waals surface area contributed by atoms with Crippen LogP contribution in [0.2, 0.25) is 0 Å². The van der Waals surface area contributed by atoms with Crippen LogP contribution in [0, 0.1) is 16.7 Å². The van der Waals surface area contributed by atoms with Crippen molar-refractivity contribution in [3.8, 4) is 0 Å². The molecular weight excluding hydrogens is 400 g/mol. The number of piperidine rings is 1. The number of hydrogen-bond acceptors (Lipinski definition) is 5. The Hall–Kier alpha value is -1.66. The first-order valence-electron chi connectivity index (χ1n) is 11.1. The number of anilines is 1. The van der Waals surface area contributed by atoms with E-state index in [1.165, 1.54) is 0 Å². The van der Waals surface area contributed by atoms with Crippen LogP contribution in [0.5, 0.6) is 0 Å². The molecule has 2 amide bonds. The van der Waals surface area contributed by atoms with Gasteiger partial charge in [0, 0.05) is 44.8 Å². The molecular formula is C23H35ClN4O2. The lowest BCUT2D eigenvalue weighted by molar-refractivity contribution is -0.167. The Labute approximate surface area is 186 Å². The molecule has 1 aromatic rings. The minimum Gasteiger partial charge on any atom is -0.354 e. The molecule has 0 spiro atoms. The fraction of sp³-hybridized carbons (Fsp3) is 0.696. The summed E-state index contributed by atoms with van der Waals surface area (Å²) in [6, 6.07) is 6.05. The van der Waals surface area contributed by atoms with E-state index in [0.29, 0.717) is 6.54 Å². The zero-order valence-electron chi connectivity index (χ0n) is 18.5. The molecule has 3 heterocycles. The van der Waals surface area contributed by atoms with E-state index >= 15 is 0 Å². The van der Waals surface area contributed by atoms with Gasteiger partial charge >= 0.3 is 0 Å². The Morgan fingerprint density at radius 1 is 1.03 bits per heavy atom. The third kappa shape index (κ3) is 3.84. The quantitative estimate of drug-likeness (QED) is 0.508. The summed E-state index contributed by atoms with van der Waals surface area (Å²) >= 11 is 0. The maximum atomic E-state index is 13.1. The van der Waals surface area contributed by atoms with Crippen molar-refractivity contribution in [2.24, 2.45) is 16.7 Å². The first kappa shape index (κ1) is 23.0. The van der Waals surface area contributed by atoms with Crippen molar-refractivity contribution in [2.45, 2.75) is 46.5 Å². The maximum Gasteiger partial charge on any atom is 0.235 e. The van der Waals surface area contributed by atoms with E-state index in [1.807, 2.05) is 18.3 Å². The number of hydrogen-bond donors (Lipinski definition) is 0. The summed E-state index contributed by atoms with van der Waals surface area (Å²) in [7, 11) is 0. The highest BCUT2D eigenvalue weighted by Crippen LogP contribution is 2.60. The van der Waals surface area contributed by atoms with Gasteiger partial charge < -0.3 is 4.90 Å². The van der Waals surface area contributed by atoms with Crippen LogP contribution in [0.1, 0.15) is 46.5 Å². The van der Waals surface area contributed by atoms with Crippen LogP contribution < -0.4 is 4.90 Å². The number of carbonyl (C=O) groups excluding carboxylic acids is 2. The number of pyridine rings is 1. The van der Waals surface area contributed by atoms with Crippen molar-refractivity contribution < 1.29 is 9.59 Å². The molecule has 4 rings (SSSR count). The zero-order chi connectivity index (χ0) is 20.6. The van der Waals surface area contributed by atoms with E-state index in [4.69, 9.17) is 0 Å². The normalized spacial score (nSPS) is 28.6. The fourth-order valence-electron chi connectivity index (χ4n) is 5.46. The van der Waals surface area contributed by atoms with Crippen molar-refractivity contribution in [1.82, 2.24) is 14.8 Å². The van der Waals surface area contributed by atoms with E-state index in [1.54, 1.807) is 4.90 Å². The van der Waals surface area contributed by atoms with Crippen molar-refractivity contribution in [2.75, 3.05) is 44.2 Å². The van der Waals surface area contributed by atoms with Gasteiger partial charge in [-0.3, -0.25) is 19.4 Å². The third-order valence-electron chi connectivity index (χ3n) is 7.96. The number of rotatable bonds is 6. The average Bonchev–Trinajstić information content (AvgIpc) is 2.92. The van der Waals surface area contributed by atoms with E-state index in [-0.39, 0.29) is 41.0 Å². The topological polar surface area (TPSA) is 56.8 Å². The van der Waals surface area contributed by atoms with Gasteiger partial charge in [0.05, 0.1) is 5.41 Å². The van der Waals surface area contributed by atoms with Crippen molar-refractivity contribution in [1.29, 1.82) is 0 Å². The van der Waals surface area contributed by atoms with Crippen LogP contribution in [-0.2, 0) is 9.59 Å². The number of imide groups is 1. The molecule has 1 saturated carbocycles. The highest BCUT2D eigenvalue weighted by Gasteiger charge is 2.64. The van der Waals surface area contributed by atoms with Crippen LogP contribution in [0.4, 0.5) is 5.82 Å². The summed E-state index contributed by atoms with van der Waals surface area (Å²) in [6.45, 7) is 11.9. The van der Waals surface area contributed by atoms with Gasteiger partial charge in [0.25, 0.3) is 0 Å². The second kappa shape index (κ2) is 8.83. The van der Waals surface area contributed by atoms with Gasteiger partial charge in [-0.25, -0.2) is 4.98 Å². The maximum absolute atomic E-state index is 13.1. The van der Waals surface area contributed by atoms with Crippen LogP contribution in [0.3, 0.4) is 0 Å².